The number of methoxy groups -OCH3 is 2. The monoisotopic (exact) mass is 250 g/mol. The van der Waals surface area contributed by atoms with Crippen molar-refractivity contribution in [2.75, 3.05) is 14.2 Å². The molecule has 2 heteroatoms. The minimum Gasteiger partial charge on any atom is -0.497 e. The molecule has 0 atom stereocenters. The topological polar surface area (TPSA) is 18.5 Å². The van der Waals surface area contributed by atoms with E-state index in [0.717, 1.165) is 11.5 Å². The van der Waals surface area contributed by atoms with Gasteiger partial charge in [0.05, 0.1) is 14.2 Å². The molecule has 0 aromatic heterocycles. The molecule has 0 bridgehead atoms. The molecule has 0 N–H and O–H groups in total. The van der Waals surface area contributed by atoms with Gasteiger partial charge >= 0.3 is 0 Å². The van der Waals surface area contributed by atoms with Crippen molar-refractivity contribution < 1.29 is 9.47 Å². The highest BCUT2D eigenvalue weighted by Gasteiger charge is 2.29. The summed E-state index contributed by atoms with van der Waals surface area (Å²) in [6, 6.07) is 4.10. The smallest absolute Gasteiger partial charge is 0.126 e. The van der Waals surface area contributed by atoms with Crippen molar-refractivity contribution in [3.63, 3.8) is 0 Å². The zero-order valence-electron chi connectivity index (χ0n) is 13.0. The molecule has 0 aliphatic heterocycles. The van der Waals surface area contributed by atoms with Gasteiger partial charge in [0, 0.05) is 11.6 Å². The Morgan fingerprint density at radius 3 is 1.67 bits per heavy atom. The van der Waals surface area contributed by atoms with Gasteiger partial charge in [-0.05, 0) is 22.5 Å². The van der Waals surface area contributed by atoms with Gasteiger partial charge in [0.1, 0.15) is 11.5 Å². The van der Waals surface area contributed by atoms with Crippen LogP contribution < -0.4 is 9.47 Å². The molecule has 102 valence electrons. The highest BCUT2D eigenvalue weighted by Crippen LogP contribution is 2.42. The first-order chi connectivity index (χ1) is 8.11. The normalized spacial score (nSPS) is 12.4. The van der Waals surface area contributed by atoms with Crippen LogP contribution in [0.4, 0.5) is 0 Å². The molecule has 0 heterocycles. The molecule has 0 amide bonds. The lowest BCUT2D eigenvalue weighted by atomic mass is 9.74. The highest BCUT2D eigenvalue weighted by atomic mass is 16.5. The second-order valence-electron chi connectivity index (χ2n) is 6.75. The molecule has 0 fully saturated rings. The Kier molecular flexibility index (Phi) is 3.99. The van der Waals surface area contributed by atoms with Crippen molar-refractivity contribution in [2.45, 2.75) is 52.4 Å². The van der Waals surface area contributed by atoms with Crippen LogP contribution in [-0.4, -0.2) is 14.2 Å². The summed E-state index contributed by atoms with van der Waals surface area (Å²) in [7, 11) is 3.41. The van der Waals surface area contributed by atoms with Gasteiger partial charge in [-0.1, -0.05) is 41.5 Å². The van der Waals surface area contributed by atoms with Gasteiger partial charge in [-0.3, -0.25) is 0 Å². The first kappa shape index (κ1) is 14.9. The Morgan fingerprint density at radius 1 is 0.778 bits per heavy atom. The van der Waals surface area contributed by atoms with Crippen molar-refractivity contribution in [1.29, 1.82) is 0 Å². The van der Waals surface area contributed by atoms with Gasteiger partial charge < -0.3 is 9.47 Å². The third-order valence-corrected chi connectivity index (χ3v) is 3.09. The Morgan fingerprint density at radius 2 is 1.33 bits per heavy atom. The van der Waals surface area contributed by atoms with Crippen LogP contribution in [0.1, 0.15) is 52.7 Å². The maximum absolute atomic E-state index is 5.57. The van der Waals surface area contributed by atoms with Gasteiger partial charge in [0.15, 0.2) is 0 Å². The first-order valence-corrected chi connectivity index (χ1v) is 6.38. The third-order valence-electron chi connectivity index (χ3n) is 3.09. The zero-order chi connectivity index (χ0) is 14.1. The van der Waals surface area contributed by atoms with Crippen LogP contribution in [0.15, 0.2) is 12.1 Å². The van der Waals surface area contributed by atoms with Gasteiger partial charge in [0.2, 0.25) is 0 Å². The fourth-order valence-electron chi connectivity index (χ4n) is 2.23. The van der Waals surface area contributed by atoms with Gasteiger partial charge in [-0.2, -0.15) is 0 Å². The molecule has 1 aromatic rings. The number of benzene rings is 1. The van der Waals surface area contributed by atoms with Crippen molar-refractivity contribution in [2.24, 2.45) is 0 Å². The second-order valence-corrected chi connectivity index (χ2v) is 6.75. The zero-order valence-corrected chi connectivity index (χ0v) is 13.0. The predicted octanol–water partition coefficient (Wildman–Crippen LogP) is 4.30. The van der Waals surface area contributed by atoms with E-state index in [1.54, 1.807) is 14.2 Å². The average molecular weight is 250 g/mol. The second kappa shape index (κ2) is 4.83. The third kappa shape index (κ3) is 2.98. The SMILES string of the molecule is COc1cc(OC)c(C(C)(C)C)c(C(C)(C)C)c1. The summed E-state index contributed by atoms with van der Waals surface area (Å²) in [6.45, 7) is 13.3. The highest BCUT2D eigenvalue weighted by molar-refractivity contribution is 5.52. The fraction of sp³-hybridized carbons (Fsp3) is 0.625. The number of hydrogen-bond acceptors (Lipinski definition) is 2. The Balaban J connectivity index is 3.64. The van der Waals surface area contributed by atoms with Crippen LogP contribution in [0.3, 0.4) is 0 Å². The van der Waals surface area contributed by atoms with E-state index < -0.39 is 0 Å². The molecule has 18 heavy (non-hydrogen) atoms. The fourth-order valence-corrected chi connectivity index (χ4v) is 2.23. The molecule has 0 radical (unpaired) electrons. The summed E-state index contributed by atoms with van der Waals surface area (Å²) < 4.78 is 11.0. The molecule has 2 nitrogen and oxygen atoms in total. The minimum absolute atomic E-state index is 0.0419. The van der Waals surface area contributed by atoms with Gasteiger partial charge in [-0.15, -0.1) is 0 Å². The summed E-state index contributed by atoms with van der Waals surface area (Å²) in [5.74, 6) is 1.76. The Hall–Kier alpha value is -1.18. The van der Waals surface area contributed by atoms with Crippen LogP contribution in [0.2, 0.25) is 0 Å². The summed E-state index contributed by atoms with van der Waals surface area (Å²) in [4.78, 5) is 0. The summed E-state index contributed by atoms with van der Waals surface area (Å²) >= 11 is 0. The van der Waals surface area contributed by atoms with Crippen LogP contribution in [0.25, 0.3) is 0 Å². The van der Waals surface area contributed by atoms with Crippen molar-refractivity contribution in [3.05, 3.63) is 23.3 Å². The average Bonchev–Trinajstić information content (AvgIpc) is 2.24. The predicted molar refractivity (Wildman–Crippen MR) is 76.9 cm³/mol. The van der Waals surface area contributed by atoms with E-state index >= 15 is 0 Å². The number of rotatable bonds is 2. The van der Waals surface area contributed by atoms with E-state index in [0.29, 0.717) is 0 Å². The number of hydrogen-bond donors (Lipinski definition) is 0. The molecule has 0 saturated carbocycles. The molecule has 0 spiro atoms. The quantitative estimate of drug-likeness (QED) is 0.779. The van der Waals surface area contributed by atoms with E-state index in [9.17, 15) is 0 Å². The summed E-state index contributed by atoms with van der Waals surface area (Å²) in [6.07, 6.45) is 0. The molecular weight excluding hydrogens is 224 g/mol. The van der Waals surface area contributed by atoms with E-state index in [2.05, 4.69) is 47.6 Å². The van der Waals surface area contributed by atoms with Crippen molar-refractivity contribution in [1.82, 2.24) is 0 Å². The molecule has 1 rings (SSSR count). The Bertz CT molecular complexity index is 420. The standard InChI is InChI=1S/C16H26O2/c1-15(2,3)12-9-11(17-7)10-13(18-8)14(12)16(4,5)6/h9-10H,1-8H3. The van der Waals surface area contributed by atoms with Crippen molar-refractivity contribution in [3.8, 4) is 11.5 Å². The molecule has 0 unspecified atom stereocenters. The Labute approximate surface area is 111 Å². The van der Waals surface area contributed by atoms with E-state index in [-0.39, 0.29) is 10.8 Å². The maximum Gasteiger partial charge on any atom is 0.126 e. The molecule has 1 aromatic carbocycles. The van der Waals surface area contributed by atoms with Gasteiger partial charge in [0.25, 0.3) is 0 Å². The van der Waals surface area contributed by atoms with E-state index in [4.69, 9.17) is 9.47 Å². The van der Waals surface area contributed by atoms with Crippen LogP contribution in [0.5, 0.6) is 11.5 Å². The minimum atomic E-state index is 0.0419. The largest absolute Gasteiger partial charge is 0.497 e. The van der Waals surface area contributed by atoms with E-state index in [1.807, 2.05) is 6.07 Å². The molecule has 0 aliphatic carbocycles. The number of ether oxygens (including phenoxy) is 2. The molecule has 0 aliphatic rings. The molecular formula is C16H26O2. The lowest BCUT2D eigenvalue weighted by Gasteiger charge is -2.32. The summed E-state index contributed by atoms with van der Waals surface area (Å²) in [5.41, 5.74) is 2.65. The van der Waals surface area contributed by atoms with Gasteiger partial charge in [-0.25, -0.2) is 0 Å². The maximum atomic E-state index is 5.57. The molecule has 0 saturated heterocycles. The lowest BCUT2D eigenvalue weighted by molar-refractivity contribution is 0.376. The lowest BCUT2D eigenvalue weighted by Crippen LogP contribution is -2.23. The van der Waals surface area contributed by atoms with Crippen molar-refractivity contribution >= 4 is 0 Å². The van der Waals surface area contributed by atoms with Crippen LogP contribution in [-0.2, 0) is 10.8 Å². The first-order valence-electron chi connectivity index (χ1n) is 6.38. The van der Waals surface area contributed by atoms with E-state index in [1.165, 1.54) is 11.1 Å². The van der Waals surface area contributed by atoms with Crippen LogP contribution in [0, 0.1) is 0 Å². The van der Waals surface area contributed by atoms with Crippen LogP contribution >= 0.6 is 0 Å². The summed E-state index contributed by atoms with van der Waals surface area (Å²) in [5, 5.41) is 0.